The van der Waals surface area contributed by atoms with Gasteiger partial charge in [-0.05, 0) is 6.92 Å². The van der Waals surface area contributed by atoms with Crippen LogP contribution >= 0.6 is 0 Å². The molecule has 92 valence electrons. The van der Waals surface area contributed by atoms with Gasteiger partial charge in [0.1, 0.15) is 12.2 Å². The fourth-order valence-electron chi connectivity index (χ4n) is 1.17. The summed E-state index contributed by atoms with van der Waals surface area (Å²) in [6.07, 6.45) is 0.293. The van der Waals surface area contributed by atoms with Crippen LogP contribution < -0.4 is 0 Å². The van der Waals surface area contributed by atoms with Crippen molar-refractivity contribution >= 4 is 23.3 Å². The molecule has 0 bridgehead atoms. The van der Waals surface area contributed by atoms with Crippen molar-refractivity contribution in [3.8, 4) is 0 Å². The third-order valence-corrected chi connectivity index (χ3v) is 2.14. The molecule has 5 heteroatoms. The lowest BCUT2D eigenvalue weighted by Gasteiger charge is -2.10. The fraction of sp³-hybridized carbons (Fsp3) is 0.333. The van der Waals surface area contributed by atoms with Crippen LogP contribution in [0.2, 0.25) is 0 Å². The van der Waals surface area contributed by atoms with Crippen LogP contribution in [-0.2, 0) is 19.2 Å². The van der Waals surface area contributed by atoms with Crippen LogP contribution in [0.3, 0.4) is 0 Å². The maximum Gasteiger partial charge on any atom is 0.310 e. The van der Waals surface area contributed by atoms with Gasteiger partial charge in [0.25, 0.3) is 0 Å². The number of carboxylic acids is 1. The zero-order chi connectivity index (χ0) is 13.6. The molecule has 1 unspecified atom stereocenters. The molecule has 0 aliphatic carbocycles. The second-order valence-corrected chi connectivity index (χ2v) is 3.55. The highest BCUT2D eigenvalue weighted by molar-refractivity contribution is 6.20. The molecule has 0 amide bonds. The average Bonchev–Trinajstić information content (AvgIpc) is 2.22. The smallest absolute Gasteiger partial charge is 0.310 e. The molecule has 0 heterocycles. The Morgan fingerprint density at radius 2 is 1.82 bits per heavy atom. The Balaban J connectivity index is 4.64. The Bertz CT molecular complexity index is 392. The van der Waals surface area contributed by atoms with E-state index in [-0.39, 0.29) is 12.0 Å². The largest absolute Gasteiger partial charge is 0.481 e. The number of aliphatic carboxylic acids is 1. The Kier molecular flexibility index (Phi) is 5.74. The van der Waals surface area contributed by atoms with E-state index in [0.717, 1.165) is 0 Å². The van der Waals surface area contributed by atoms with E-state index in [1.807, 2.05) is 0 Å². The summed E-state index contributed by atoms with van der Waals surface area (Å²) >= 11 is 0. The number of Topliss-reactive ketones (excluding diaryl/α,β-unsaturated/α-hetero) is 3. The quantitative estimate of drug-likeness (QED) is 0.294. The van der Waals surface area contributed by atoms with Gasteiger partial charge in [0.2, 0.25) is 0 Å². The van der Waals surface area contributed by atoms with Gasteiger partial charge in [-0.1, -0.05) is 12.7 Å². The van der Waals surface area contributed by atoms with Crippen LogP contribution in [0.25, 0.3) is 0 Å². The van der Waals surface area contributed by atoms with Crippen LogP contribution in [-0.4, -0.2) is 28.4 Å². The molecule has 0 spiro atoms. The number of hydrogen-bond acceptors (Lipinski definition) is 4. The molecule has 0 aromatic heterocycles. The second-order valence-electron chi connectivity index (χ2n) is 3.55. The molecule has 0 saturated carbocycles. The molecule has 1 atom stereocenters. The molecule has 0 aliphatic heterocycles. The average molecular weight is 238 g/mol. The summed E-state index contributed by atoms with van der Waals surface area (Å²) in [4.78, 5) is 44.1. The molecule has 0 aromatic carbocycles. The van der Waals surface area contributed by atoms with E-state index in [0.29, 0.717) is 0 Å². The number of carbonyl (C=O) groups is 4. The lowest BCUT2D eigenvalue weighted by Crippen LogP contribution is -2.21. The third-order valence-electron chi connectivity index (χ3n) is 2.14. The molecular weight excluding hydrogens is 224 g/mol. The van der Waals surface area contributed by atoms with Gasteiger partial charge in [-0.2, -0.15) is 0 Å². The summed E-state index contributed by atoms with van der Waals surface area (Å²) in [5.74, 6) is -3.81. The normalized spacial score (nSPS) is 11.4. The van der Waals surface area contributed by atoms with Crippen molar-refractivity contribution in [1.82, 2.24) is 0 Å². The molecule has 17 heavy (non-hydrogen) atoms. The van der Waals surface area contributed by atoms with Gasteiger partial charge in [-0.25, -0.2) is 0 Å². The Labute approximate surface area is 98.8 Å². The SMILES string of the molecule is C=CC(CC(=O)CC(=O)O)C(=O)C(=C)C(C)=O. The maximum atomic E-state index is 11.6. The van der Waals surface area contributed by atoms with E-state index in [4.69, 9.17) is 5.11 Å². The first kappa shape index (κ1) is 15.0. The first-order valence-corrected chi connectivity index (χ1v) is 4.89. The number of carboxylic acid groups (broad SMARTS) is 1. The summed E-state index contributed by atoms with van der Waals surface area (Å²) in [5.41, 5.74) is -0.210. The van der Waals surface area contributed by atoms with Crippen molar-refractivity contribution in [3.05, 3.63) is 24.8 Å². The lowest BCUT2D eigenvalue weighted by molar-refractivity contribution is -0.141. The van der Waals surface area contributed by atoms with E-state index in [1.54, 1.807) is 0 Å². The summed E-state index contributed by atoms with van der Waals surface area (Å²) < 4.78 is 0. The summed E-state index contributed by atoms with van der Waals surface area (Å²) in [6.45, 7) is 7.89. The van der Waals surface area contributed by atoms with Crippen LogP contribution in [0.15, 0.2) is 24.8 Å². The molecule has 0 rings (SSSR count). The molecule has 5 nitrogen and oxygen atoms in total. The van der Waals surface area contributed by atoms with Crippen LogP contribution in [0.1, 0.15) is 19.8 Å². The van der Waals surface area contributed by atoms with Crippen LogP contribution in [0, 0.1) is 5.92 Å². The van der Waals surface area contributed by atoms with E-state index in [1.165, 1.54) is 13.0 Å². The highest BCUT2D eigenvalue weighted by Gasteiger charge is 2.23. The standard InChI is InChI=1S/C12H14O5/c1-4-9(5-10(14)6-11(15)16)12(17)7(2)8(3)13/h4,9H,1-2,5-6H2,3H3,(H,15,16). The number of carbonyl (C=O) groups excluding carboxylic acids is 3. The predicted octanol–water partition coefficient (Wildman–Crippen LogP) is 0.937. The van der Waals surface area contributed by atoms with Crippen molar-refractivity contribution in [2.24, 2.45) is 5.92 Å². The first-order chi connectivity index (χ1) is 7.79. The topological polar surface area (TPSA) is 88.5 Å². The molecule has 0 aromatic rings. The van der Waals surface area contributed by atoms with Gasteiger partial charge >= 0.3 is 5.97 Å². The molecule has 0 aliphatic rings. The van der Waals surface area contributed by atoms with Gasteiger partial charge in [0, 0.05) is 12.3 Å². The van der Waals surface area contributed by atoms with E-state index in [9.17, 15) is 19.2 Å². The molecule has 0 radical (unpaired) electrons. The minimum Gasteiger partial charge on any atom is -0.481 e. The predicted molar refractivity (Wildman–Crippen MR) is 60.4 cm³/mol. The van der Waals surface area contributed by atoms with Crippen LogP contribution in [0.5, 0.6) is 0 Å². The van der Waals surface area contributed by atoms with E-state index in [2.05, 4.69) is 13.2 Å². The molecule has 0 fully saturated rings. The number of rotatable bonds is 8. The third kappa shape index (κ3) is 5.01. The Hall–Kier alpha value is -2.04. The maximum absolute atomic E-state index is 11.6. The molecule has 1 N–H and O–H groups in total. The van der Waals surface area contributed by atoms with Gasteiger partial charge < -0.3 is 5.11 Å². The summed E-state index contributed by atoms with van der Waals surface area (Å²) in [5, 5.41) is 8.40. The molecule has 0 saturated heterocycles. The van der Waals surface area contributed by atoms with Crippen molar-refractivity contribution in [3.63, 3.8) is 0 Å². The first-order valence-electron chi connectivity index (χ1n) is 4.89. The minimum atomic E-state index is -1.25. The van der Waals surface area contributed by atoms with Gasteiger partial charge in [0.15, 0.2) is 11.6 Å². The second kappa shape index (κ2) is 6.52. The Morgan fingerprint density at radius 3 is 2.18 bits per heavy atom. The lowest BCUT2D eigenvalue weighted by atomic mass is 9.91. The number of allylic oxidation sites excluding steroid dienone is 2. The van der Waals surface area contributed by atoms with Gasteiger partial charge in [0.05, 0.1) is 5.57 Å². The van der Waals surface area contributed by atoms with Crippen molar-refractivity contribution in [1.29, 1.82) is 0 Å². The highest BCUT2D eigenvalue weighted by atomic mass is 16.4. The number of hydrogen-bond donors (Lipinski definition) is 1. The van der Waals surface area contributed by atoms with Gasteiger partial charge in [-0.3, -0.25) is 19.2 Å². The van der Waals surface area contributed by atoms with Crippen LogP contribution in [0.4, 0.5) is 0 Å². The molecular formula is C12H14O5. The minimum absolute atomic E-state index is 0.210. The monoisotopic (exact) mass is 238 g/mol. The Morgan fingerprint density at radius 1 is 1.29 bits per heavy atom. The summed E-state index contributed by atoms with van der Waals surface area (Å²) in [7, 11) is 0. The van der Waals surface area contributed by atoms with E-state index < -0.39 is 35.7 Å². The van der Waals surface area contributed by atoms with Gasteiger partial charge in [-0.15, -0.1) is 6.58 Å². The highest BCUT2D eigenvalue weighted by Crippen LogP contribution is 2.13. The zero-order valence-corrected chi connectivity index (χ0v) is 9.56. The van der Waals surface area contributed by atoms with Crippen molar-refractivity contribution in [2.75, 3.05) is 0 Å². The van der Waals surface area contributed by atoms with E-state index >= 15 is 0 Å². The summed E-state index contributed by atoms with van der Waals surface area (Å²) in [6, 6.07) is 0. The number of ketones is 3. The van der Waals surface area contributed by atoms with Crippen molar-refractivity contribution in [2.45, 2.75) is 19.8 Å². The zero-order valence-electron chi connectivity index (χ0n) is 9.56. The fourth-order valence-corrected chi connectivity index (χ4v) is 1.17. The van der Waals surface area contributed by atoms with Crippen molar-refractivity contribution < 1.29 is 24.3 Å².